The first-order chi connectivity index (χ1) is 7.97. The minimum absolute atomic E-state index is 0.357. The van der Waals surface area contributed by atoms with Crippen molar-refractivity contribution in [2.45, 2.75) is 26.8 Å². The summed E-state index contributed by atoms with van der Waals surface area (Å²) in [5.74, 6) is 0.369. The van der Waals surface area contributed by atoms with Crippen LogP contribution in [0.4, 0.5) is 5.82 Å². The number of carbonyl (C=O) groups is 1. The molecule has 17 heavy (non-hydrogen) atoms. The quantitative estimate of drug-likeness (QED) is 0.823. The lowest BCUT2D eigenvalue weighted by atomic mass is 10.3. The van der Waals surface area contributed by atoms with Crippen LogP contribution in [0.3, 0.4) is 0 Å². The molecule has 0 saturated heterocycles. The number of hydrogen-bond acceptors (Lipinski definition) is 6. The molecule has 2 rings (SSSR count). The Labute approximate surface area is 96.9 Å². The highest BCUT2D eigenvalue weighted by molar-refractivity contribution is 5.84. The van der Waals surface area contributed by atoms with Gasteiger partial charge < -0.3 is 14.8 Å². The highest BCUT2D eigenvalue weighted by Crippen LogP contribution is 2.20. The van der Waals surface area contributed by atoms with Gasteiger partial charge in [-0.1, -0.05) is 0 Å². The average molecular weight is 236 g/mol. The highest BCUT2D eigenvalue weighted by atomic mass is 16.4. The number of anilines is 1. The molecule has 2 aromatic heterocycles. The number of aryl methyl sites for hydroxylation is 2. The van der Waals surface area contributed by atoms with Crippen LogP contribution in [0, 0.1) is 13.8 Å². The van der Waals surface area contributed by atoms with Crippen LogP contribution in [-0.2, 0) is 4.79 Å². The maximum Gasteiger partial charge on any atom is 0.325 e. The predicted octanol–water partition coefficient (Wildman–Crippen LogP) is 1.12. The monoisotopic (exact) mass is 236 g/mol. The Morgan fingerprint density at radius 3 is 2.71 bits per heavy atom. The summed E-state index contributed by atoms with van der Waals surface area (Å²) in [5, 5.41) is 11.6. The molecule has 0 bridgehead atoms. The average Bonchev–Trinajstić information content (AvgIpc) is 2.58. The smallest absolute Gasteiger partial charge is 0.325 e. The number of hydrogen-bond donors (Lipinski definition) is 2. The number of oxazole rings is 1. The van der Waals surface area contributed by atoms with Crippen LogP contribution in [0.5, 0.6) is 0 Å². The number of aliphatic carboxylic acids is 1. The Morgan fingerprint density at radius 2 is 2.06 bits per heavy atom. The summed E-state index contributed by atoms with van der Waals surface area (Å²) >= 11 is 0. The van der Waals surface area contributed by atoms with Crippen LogP contribution in [0.25, 0.3) is 11.2 Å². The van der Waals surface area contributed by atoms with Crippen molar-refractivity contribution in [1.82, 2.24) is 15.0 Å². The van der Waals surface area contributed by atoms with Crippen molar-refractivity contribution in [3.05, 3.63) is 11.7 Å². The molecule has 0 aromatic carbocycles. The van der Waals surface area contributed by atoms with E-state index in [-0.39, 0.29) is 0 Å². The Kier molecular flexibility index (Phi) is 2.66. The van der Waals surface area contributed by atoms with Gasteiger partial charge in [0.15, 0.2) is 17.2 Å². The third-order valence-electron chi connectivity index (χ3n) is 2.20. The normalized spacial score (nSPS) is 12.6. The van der Waals surface area contributed by atoms with Gasteiger partial charge >= 0.3 is 5.97 Å². The van der Waals surface area contributed by atoms with Gasteiger partial charge in [0.2, 0.25) is 0 Å². The summed E-state index contributed by atoms with van der Waals surface area (Å²) in [4.78, 5) is 23.1. The van der Waals surface area contributed by atoms with Crippen molar-refractivity contribution < 1.29 is 14.3 Å². The van der Waals surface area contributed by atoms with E-state index in [0.717, 1.165) is 0 Å². The van der Waals surface area contributed by atoms with E-state index in [0.29, 0.717) is 28.8 Å². The summed E-state index contributed by atoms with van der Waals surface area (Å²) in [6.07, 6.45) is 0. The van der Waals surface area contributed by atoms with Crippen molar-refractivity contribution in [3.8, 4) is 0 Å². The molecule has 0 fully saturated rings. The van der Waals surface area contributed by atoms with Crippen LogP contribution < -0.4 is 5.32 Å². The van der Waals surface area contributed by atoms with Gasteiger partial charge in [-0.25, -0.2) is 9.97 Å². The molecule has 90 valence electrons. The highest BCUT2D eigenvalue weighted by Gasteiger charge is 2.17. The molecule has 0 aliphatic carbocycles. The zero-order valence-corrected chi connectivity index (χ0v) is 9.68. The lowest BCUT2D eigenvalue weighted by molar-refractivity contribution is -0.137. The topological polar surface area (TPSA) is 101 Å². The molecule has 7 heteroatoms. The first-order valence-electron chi connectivity index (χ1n) is 5.08. The molecule has 2 heterocycles. The van der Waals surface area contributed by atoms with E-state index in [1.165, 1.54) is 6.92 Å². The van der Waals surface area contributed by atoms with E-state index < -0.39 is 12.0 Å². The van der Waals surface area contributed by atoms with Gasteiger partial charge in [-0.05, 0) is 13.8 Å². The molecule has 2 N–H and O–H groups in total. The molecule has 0 spiro atoms. The molecule has 2 aromatic rings. The zero-order chi connectivity index (χ0) is 12.6. The number of carboxylic acid groups (broad SMARTS) is 1. The van der Waals surface area contributed by atoms with E-state index in [1.54, 1.807) is 13.8 Å². The Hall–Kier alpha value is -2.18. The lowest BCUT2D eigenvalue weighted by Gasteiger charge is -2.09. The molecule has 0 aliphatic heterocycles. The van der Waals surface area contributed by atoms with Crippen LogP contribution >= 0.6 is 0 Å². The van der Waals surface area contributed by atoms with Crippen LogP contribution in [0.15, 0.2) is 4.42 Å². The third kappa shape index (κ3) is 2.17. The molecule has 0 unspecified atom stereocenters. The standard InChI is InChI=1S/C10H12N4O3/c1-4(10(15)16)11-8-7-9(13-5(2)12-8)17-6(3)14-7/h4H,1-3H3,(H,15,16)(H,11,12,13)/t4-/m1/s1. The summed E-state index contributed by atoms with van der Waals surface area (Å²) < 4.78 is 5.28. The van der Waals surface area contributed by atoms with Gasteiger partial charge in [0.25, 0.3) is 5.71 Å². The SMILES string of the molecule is Cc1nc(N[C@H](C)C(=O)O)c2nc(C)oc2n1. The van der Waals surface area contributed by atoms with Crippen molar-refractivity contribution in [2.75, 3.05) is 5.32 Å². The maximum absolute atomic E-state index is 10.8. The largest absolute Gasteiger partial charge is 0.480 e. The summed E-state index contributed by atoms with van der Waals surface area (Å²) in [6, 6.07) is -0.760. The van der Waals surface area contributed by atoms with Crippen molar-refractivity contribution >= 4 is 23.0 Å². The Bertz CT molecular complexity index is 578. The molecule has 7 nitrogen and oxygen atoms in total. The molecular weight excluding hydrogens is 224 g/mol. The van der Waals surface area contributed by atoms with Gasteiger partial charge in [0, 0.05) is 6.92 Å². The van der Waals surface area contributed by atoms with Crippen LogP contribution in [0.2, 0.25) is 0 Å². The molecular formula is C10H12N4O3. The minimum Gasteiger partial charge on any atom is -0.480 e. The lowest BCUT2D eigenvalue weighted by Crippen LogP contribution is -2.26. The molecule has 0 aliphatic rings. The number of aromatic nitrogens is 3. The van der Waals surface area contributed by atoms with Crippen molar-refractivity contribution in [3.63, 3.8) is 0 Å². The van der Waals surface area contributed by atoms with Crippen molar-refractivity contribution in [1.29, 1.82) is 0 Å². The Balaban J connectivity index is 2.48. The third-order valence-corrected chi connectivity index (χ3v) is 2.20. The first kappa shape index (κ1) is 11.3. The first-order valence-corrected chi connectivity index (χ1v) is 5.08. The predicted molar refractivity (Wildman–Crippen MR) is 59.8 cm³/mol. The fourth-order valence-electron chi connectivity index (χ4n) is 1.40. The second kappa shape index (κ2) is 4.00. The van der Waals surface area contributed by atoms with Crippen LogP contribution in [-0.4, -0.2) is 32.1 Å². The molecule has 1 atom stereocenters. The Morgan fingerprint density at radius 1 is 1.35 bits per heavy atom. The van der Waals surface area contributed by atoms with E-state index in [1.807, 2.05) is 0 Å². The van der Waals surface area contributed by atoms with Gasteiger partial charge in [0.05, 0.1) is 0 Å². The second-order valence-corrected chi connectivity index (χ2v) is 3.71. The van der Waals surface area contributed by atoms with E-state index in [9.17, 15) is 4.79 Å². The number of rotatable bonds is 3. The van der Waals surface area contributed by atoms with Gasteiger partial charge in [-0.15, -0.1) is 0 Å². The summed E-state index contributed by atoms with van der Waals surface area (Å²) in [6.45, 7) is 4.92. The van der Waals surface area contributed by atoms with E-state index >= 15 is 0 Å². The number of carboxylic acids is 1. The van der Waals surface area contributed by atoms with E-state index in [4.69, 9.17) is 9.52 Å². The second-order valence-electron chi connectivity index (χ2n) is 3.71. The summed E-state index contributed by atoms with van der Waals surface area (Å²) in [5.41, 5.74) is 0.802. The van der Waals surface area contributed by atoms with Gasteiger partial charge in [-0.3, -0.25) is 4.79 Å². The fourth-order valence-corrected chi connectivity index (χ4v) is 1.40. The molecule has 0 radical (unpaired) electrons. The van der Waals surface area contributed by atoms with E-state index in [2.05, 4.69) is 20.3 Å². The van der Waals surface area contributed by atoms with Gasteiger partial charge in [-0.2, -0.15) is 4.98 Å². The van der Waals surface area contributed by atoms with Crippen LogP contribution in [0.1, 0.15) is 18.6 Å². The van der Waals surface area contributed by atoms with Gasteiger partial charge in [0.1, 0.15) is 11.9 Å². The number of fused-ring (bicyclic) bond motifs is 1. The minimum atomic E-state index is -0.963. The number of nitrogens with zero attached hydrogens (tertiary/aromatic N) is 3. The molecule has 0 amide bonds. The maximum atomic E-state index is 10.8. The summed E-state index contributed by atoms with van der Waals surface area (Å²) in [7, 11) is 0. The van der Waals surface area contributed by atoms with Crippen molar-refractivity contribution in [2.24, 2.45) is 0 Å². The number of nitrogens with one attached hydrogen (secondary N) is 1. The molecule has 0 saturated carbocycles. The zero-order valence-electron chi connectivity index (χ0n) is 9.68. The fraction of sp³-hybridized carbons (Fsp3) is 0.400.